The van der Waals surface area contributed by atoms with Crippen LogP contribution in [-0.2, 0) is 16.5 Å². The smallest absolute Gasteiger partial charge is 0.0745 e. The minimum absolute atomic E-state index is 0.0292. The van der Waals surface area contributed by atoms with Crippen molar-refractivity contribution in [1.82, 2.24) is 9.78 Å². The van der Waals surface area contributed by atoms with Gasteiger partial charge in [0.15, 0.2) is 0 Å². The van der Waals surface area contributed by atoms with Crippen LogP contribution in [0.15, 0.2) is 18.2 Å². The van der Waals surface area contributed by atoms with E-state index in [0.29, 0.717) is 6.04 Å². The third-order valence-electron chi connectivity index (χ3n) is 5.30. The Morgan fingerprint density at radius 3 is 2.91 bits per heavy atom. The number of nitrogens with zero attached hydrogens (tertiary/aromatic N) is 2. The van der Waals surface area contributed by atoms with E-state index in [1.807, 2.05) is 11.7 Å². The molecule has 1 N–H and O–H groups in total. The highest BCUT2D eigenvalue weighted by molar-refractivity contribution is 5.85. The fraction of sp³-hybridized carbons (Fsp3) is 0.611. The zero-order valence-corrected chi connectivity index (χ0v) is 14.0. The summed E-state index contributed by atoms with van der Waals surface area (Å²) in [5.41, 5.74) is 3.47. The lowest BCUT2D eigenvalue weighted by Gasteiger charge is -2.43. The molecule has 1 aromatic heterocycles. The monoisotopic (exact) mass is 315 g/mol. The summed E-state index contributed by atoms with van der Waals surface area (Å²) in [7, 11) is 2.00. The molecule has 1 atom stereocenters. The third kappa shape index (κ3) is 2.83. The Morgan fingerprint density at radius 1 is 1.26 bits per heavy atom. The molecule has 2 aliphatic heterocycles. The highest BCUT2D eigenvalue weighted by atomic mass is 16.5. The Morgan fingerprint density at radius 2 is 2.09 bits per heavy atom. The van der Waals surface area contributed by atoms with Gasteiger partial charge in [0.25, 0.3) is 0 Å². The SMILES string of the molecule is Cc1nn(C)c2cc(NC3CCOC4(CCOCC4)C3)ccc12. The molecule has 124 valence electrons. The molecule has 3 heterocycles. The first-order valence-electron chi connectivity index (χ1n) is 8.57. The predicted octanol–water partition coefficient (Wildman–Crippen LogP) is 3.02. The summed E-state index contributed by atoms with van der Waals surface area (Å²) in [6, 6.07) is 7.02. The van der Waals surface area contributed by atoms with Crippen molar-refractivity contribution in [3.05, 3.63) is 23.9 Å². The van der Waals surface area contributed by atoms with Crippen molar-refractivity contribution in [2.45, 2.75) is 44.2 Å². The van der Waals surface area contributed by atoms with Crippen molar-refractivity contribution >= 4 is 16.6 Å². The van der Waals surface area contributed by atoms with Gasteiger partial charge in [0.05, 0.1) is 16.8 Å². The molecule has 1 unspecified atom stereocenters. The maximum absolute atomic E-state index is 6.13. The minimum Gasteiger partial charge on any atom is -0.382 e. The van der Waals surface area contributed by atoms with Gasteiger partial charge in [-0.25, -0.2) is 0 Å². The van der Waals surface area contributed by atoms with Crippen molar-refractivity contribution in [1.29, 1.82) is 0 Å². The van der Waals surface area contributed by atoms with Gasteiger partial charge in [-0.05, 0) is 50.8 Å². The Hall–Kier alpha value is -1.59. The van der Waals surface area contributed by atoms with E-state index < -0.39 is 0 Å². The van der Waals surface area contributed by atoms with Gasteiger partial charge in [0, 0.05) is 44.0 Å². The summed E-state index contributed by atoms with van der Waals surface area (Å²) in [4.78, 5) is 0. The molecule has 23 heavy (non-hydrogen) atoms. The maximum Gasteiger partial charge on any atom is 0.0745 e. The predicted molar refractivity (Wildman–Crippen MR) is 90.8 cm³/mol. The van der Waals surface area contributed by atoms with Crippen molar-refractivity contribution in [2.24, 2.45) is 7.05 Å². The van der Waals surface area contributed by atoms with Crippen LogP contribution in [0, 0.1) is 6.92 Å². The van der Waals surface area contributed by atoms with Crippen molar-refractivity contribution < 1.29 is 9.47 Å². The fourth-order valence-corrected chi connectivity index (χ4v) is 4.01. The van der Waals surface area contributed by atoms with Crippen LogP contribution in [-0.4, -0.2) is 41.2 Å². The molecule has 4 rings (SSSR count). The van der Waals surface area contributed by atoms with Crippen molar-refractivity contribution in [2.75, 3.05) is 25.1 Å². The number of anilines is 1. The van der Waals surface area contributed by atoms with Gasteiger partial charge in [0.1, 0.15) is 0 Å². The lowest BCUT2D eigenvalue weighted by molar-refractivity contribution is -0.135. The second-order valence-electron chi connectivity index (χ2n) is 6.92. The first-order valence-corrected chi connectivity index (χ1v) is 8.57. The number of fused-ring (bicyclic) bond motifs is 1. The zero-order chi connectivity index (χ0) is 15.9. The standard InChI is InChI=1S/C18H25N3O2/c1-13-16-4-3-14(11-17(16)21(2)20-13)19-15-5-8-23-18(12-15)6-9-22-10-7-18/h3-4,11,15,19H,5-10,12H2,1-2H3. The van der Waals surface area contributed by atoms with Crippen LogP contribution in [0.3, 0.4) is 0 Å². The summed E-state index contributed by atoms with van der Waals surface area (Å²) < 4.78 is 13.6. The molecule has 2 aromatic rings. The van der Waals surface area contributed by atoms with Gasteiger partial charge in [-0.3, -0.25) is 4.68 Å². The van der Waals surface area contributed by atoms with Gasteiger partial charge in [-0.2, -0.15) is 5.10 Å². The summed E-state index contributed by atoms with van der Waals surface area (Å²) in [5.74, 6) is 0. The van der Waals surface area contributed by atoms with E-state index in [2.05, 4.69) is 35.5 Å². The summed E-state index contributed by atoms with van der Waals surface area (Å²) >= 11 is 0. The number of aryl methyl sites for hydroxylation is 2. The van der Waals surface area contributed by atoms with E-state index >= 15 is 0 Å². The number of rotatable bonds is 2. The average Bonchev–Trinajstić information content (AvgIpc) is 2.82. The Bertz CT molecular complexity index is 698. The Labute approximate surface area is 136 Å². The van der Waals surface area contributed by atoms with Crippen molar-refractivity contribution in [3.8, 4) is 0 Å². The van der Waals surface area contributed by atoms with Crippen LogP contribution in [0.25, 0.3) is 10.9 Å². The Balaban J connectivity index is 1.52. The third-order valence-corrected chi connectivity index (χ3v) is 5.30. The van der Waals surface area contributed by atoms with Crippen LogP contribution >= 0.6 is 0 Å². The highest BCUT2D eigenvalue weighted by Gasteiger charge is 2.38. The molecule has 5 heteroatoms. The lowest BCUT2D eigenvalue weighted by Crippen LogP contribution is -2.47. The van der Waals surface area contributed by atoms with Gasteiger partial charge in [0.2, 0.25) is 0 Å². The largest absolute Gasteiger partial charge is 0.382 e. The fourth-order valence-electron chi connectivity index (χ4n) is 4.01. The quantitative estimate of drug-likeness (QED) is 0.925. The number of hydrogen-bond acceptors (Lipinski definition) is 4. The van der Waals surface area contributed by atoms with E-state index in [-0.39, 0.29) is 5.60 Å². The highest BCUT2D eigenvalue weighted by Crippen LogP contribution is 2.35. The van der Waals surface area contributed by atoms with Crippen LogP contribution in [0.2, 0.25) is 0 Å². The summed E-state index contributed by atoms with van der Waals surface area (Å²) in [5, 5.41) is 9.45. The second kappa shape index (κ2) is 5.80. The molecule has 2 saturated heterocycles. The van der Waals surface area contributed by atoms with Gasteiger partial charge in [-0.1, -0.05) is 0 Å². The van der Waals surface area contributed by atoms with Crippen LogP contribution < -0.4 is 5.32 Å². The molecular formula is C18H25N3O2. The van der Waals surface area contributed by atoms with Crippen LogP contribution in [0.1, 0.15) is 31.4 Å². The number of ether oxygens (including phenoxy) is 2. The normalized spacial score (nSPS) is 24.2. The van der Waals surface area contributed by atoms with Gasteiger partial charge in [-0.15, -0.1) is 0 Å². The first-order chi connectivity index (χ1) is 11.2. The number of benzene rings is 1. The molecule has 0 amide bonds. The zero-order valence-electron chi connectivity index (χ0n) is 14.0. The van der Waals surface area contributed by atoms with Crippen molar-refractivity contribution in [3.63, 3.8) is 0 Å². The molecule has 0 bridgehead atoms. The van der Waals surface area contributed by atoms with E-state index in [9.17, 15) is 0 Å². The van der Waals surface area contributed by atoms with Crippen LogP contribution in [0.5, 0.6) is 0 Å². The van der Waals surface area contributed by atoms with E-state index in [1.54, 1.807) is 0 Å². The molecule has 1 spiro atoms. The first kappa shape index (κ1) is 15.0. The molecule has 1 aromatic carbocycles. The van der Waals surface area contributed by atoms with E-state index in [4.69, 9.17) is 9.47 Å². The molecule has 0 radical (unpaired) electrons. The molecule has 2 fully saturated rings. The number of aromatic nitrogens is 2. The topological polar surface area (TPSA) is 48.3 Å². The average molecular weight is 315 g/mol. The van der Waals surface area contributed by atoms with E-state index in [0.717, 1.165) is 51.2 Å². The molecule has 0 saturated carbocycles. The van der Waals surface area contributed by atoms with E-state index in [1.165, 1.54) is 16.6 Å². The molecular weight excluding hydrogens is 290 g/mol. The maximum atomic E-state index is 6.13. The van der Waals surface area contributed by atoms with Crippen LogP contribution in [0.4, 0.5) is 5.69 Å². The summed E-state index contributed by atoms with van der Waals surface area (Å²) in [6.07, 6.45) is 4.17. The van der Waals surface area contributed by atoms with Gasteiger partial charge < -0.3 is 14.8 Å². The minimum atomic E-state index is 0.0292. The van der Waals surface area contributed by atoms with Gasteiger partial charge >= 0.3 is 0 Å². The number of nitrogens with one attached hydrogen (secondary N) is 1. The molecule has 5 nitrogen and oxygen atoms in total. The Kier molecular flexibility index (Phi) is 3.77. The molecule has 2 aliphatic rings. The number of hydrogen-bond donors (Lipinski definition) is 1. The molecule has 0 aliphatic carbocycles. The lowest BCUT2D eigenvalue weighted by atomic mass is 9.84. The second-order valence-corrected chi connectivity index (χ2v) is 6.92. The summed E-state index contributed by atoms with van der Waals surface area (Å²) in [6.45, 7) is 4.55.